The highest BCUT2D eigenvalue weighted by molar-refractivity contribution is 7.80. The zero-order valence-electron chi connectivity index (χ0n) is 10.5. The lowest BCUT2D eigenvalue weighted by atomic mass is 9.92. The highest BCUT2D eigenvalue weighted by Gasteiger charge is 2.10. The molecule has 0 aromatic heterocycles. The average molecular weight is 271 g/mol. The van der Waals surface area contributed by atoms with Gasteiger partial charge in [0.1, 0.15) is 4.99 Å². The molecule has 0 aliphatic carbocycles. The van der Waals surface area contributed by atoms with Gasteiger partial charge in [0.15, 0.2) is 0 Å². The Hall–Kier alpha value is -0.800. The molecule has 0 radical (unpaired) electrons. The third-order valence-corrected chi connectivity index (χ3v) is 2.99. The molecule has 0 heterocycles. The molecule has 94 valence electrons. The van der Waals surface area contributed by atoms with Crippen molar-refractivity contribution in [1.29, 1.82) is 0 Å². The Morgan fingerprint density at radius 2 is 2.06 bits per heavy atom. The minimum atomic E-state index is 0.318. The summed E-state index contributed by atoms with van der Waals surface area (Å²) in [6, 6.07) is 5.59. The smallest absolute Gasteiger partial charge is 0.104 e. The molecule has 1 aromatic carbocycles. The Morgan fingerprint density at radius 3 is 2.53 bits per heavy atom. The minimum Gasteiger partial charge on any atom is -0.389 e. The van der Waals surface area contributed by atoms with Crippen LogP contribution in [0.15, 0.2) is 18.2 Å². The van der Waals surface area contributed by atoms with Gasteiger partial charge < -0.3 is 11.1 Å². The average Bonchev–Trinajstić information content (AvgIpc) is 2.18. The summed E-state index contributed by atoms with van der Waals surface area (Å²) in [4.78, 5) is 0.369. The van der Waals surface area contributed by atoms with Crippen molar-refractivity contribution in [1.82, 2.24) is 0 Å². The lowest BCUT2D eigenvalue weighted by molar-refractivity contribution is 0.390. The number of rotatable bonds is 4. The van der Waals surface area contributed by atoms with E-state index in [4.69, 9.17) is 29.6 Å². The SMILES string of the molecule is CC(C)(C)CCNc1ccc(C(N)=S)cc1Cl. The van der Waals surface area contributed by atoms with Crippen LogP contribution in [0.4, 0.5) is 5.69 Å². The van der Waals surface area contributed by atoms with Crippen LogP contribution < -0.4 is 11.1 Å². The van der Waals surface area contributed by atoms with E-state index >= 15 is 0 Å². The van der Waals surface area contributed by atoms with Crippen LogP contribution in [0, 0.1) is 5.41 Å². The molecule has 4 heteroatoms. The standard InChI is InChI=1S/C13H19ClN2S/c1-13(2,3)6-7-16-11-5-4-9(12(15)17)8-10(11)14/h4-5,8,16H,6-7H2,1-3H3,(H2,15,17). The normalized spacial score (nSPS) is 11.3. The second-order valence-electron chi connectivity index (χ2n) is 5.30. The van der Waals surface area contributed by atoms with Crippen molar-refractivity contribution in [3.8, 4) is 0 Å². The molecule has 0 bridgehead atoms. The molecule has 3 N–H and O–H groups in total. The van der Waals surface area contributed by atoms with Crippen LogP contribution in [0.2, 0.25) is 5.02 Å². The van der Waals surface area contributed by atoms with E-state index in [-0.39, 0.29) is 0 Å². The van der Waals surface area contributed by atoms with Crippen molar-refractivity contribution in [3.05, 3.63) is 28.8 Å². The van der Waals surface area contributed by atoms with Crippen molar-refractivity contribution in [2.24, 2.45) is 11.1 Å². The second-order valence-corrected chi connectivity index (χ2v) is 6.14. The first-order valence-electron chi connectivity index (χ1n) is 5.63. The van der Waals surface area contributed by atoms with E-state index < -0.39 is 0 Å². The number of nitrogens with two attached hydrogens (primary N) is 1. The van der Waals surface area contributed by atoms with Gasteiger partial charge in [-0.15, -0.1) is 0 Å². The third-order valence-electron chi connectivity index (χ3n) is 2.44. The molecule has 2 nitrogen and oxygen atoms in total. The molecular weight excluding hydrogens is 252 g/mol. The summed E-state index contributed by atoms with van der Waals surface area (Å²) in [6.45, 7) is 7.54. The van der Waals surface area contributed by atoms with Crippen LogP contribution in [-0.4, -0.2) is 11.5 Å². The molecule has 0 spiro atoms. The van der Waals surface area contributed by atoms with Gasteiger partial charge in [0.05, 0.1) is 10.7 Å². The molecule has 0 unspecified atom stereocenters. The van der Waals surface area contributed by atoms with Crippen LogP contribution in [0.1, 0.15) is 32.8 Å². The highest BCUT2D eigenvalue weighted by Crippen LogP contribution is 2.24. The quantitative estimate of drug-likeness (QED) is 0.817. The third kappa shape index (κ3) is 4.92. The fourth-order valence-corrected chi connectivity index (χ4v) is 1.76. The van der Waals surface area contributed by atoms with Gasteiger partial charge in [0, 0.05) is 12.1 Å². The molecular formula is C13H19ClN2S. The Kier molecular flexibility index (Phi) is 4.78. The van der Waals surface area contributed by atoms with Crippen LogP contribution >= 0.6 is 23.8 Å². The minimum absolute atomic E-state index is 0.318. The van der Waals surface area contributed by atoms with Gasteiger partial charge in [-0.1, -0.05) is 44.6 Å². The van der Waals surface area contributed by atoms with E-state index in [1.165, 1.54) is 0 Å². The van der Waals surface area contributed by atoms with E-state index in [1.54, 1.807) is 6.07 Å². The molecule has 0 atom stereocenters. The zero-order chi connectivity index (χ0) is 13.1. The van der Waals surface area contributed by atoms with Crippen LogP contribution in [0.3, 0.4) is 0 Å². The first kappa shape index (κ1) is 14.3. The van der Waals surface area contributed by atoms with Crippen LogP contribution in [0.25, 0.3) is 0 Å². The maximum Gasteiger partial charge on any atom is 0.104 e. The predicted molar refractivity (Wildman–Crippen MR) is 79.9 cm³/mol. The lowest BCUT2D eigenvalue weighted by Gasteiger charge is -2.19. The number of anilines is 1. The summed E-state index contributed by atoms with van der Waals surface area (Å²) in [7, 11) is 0. The molecule has 1 rings (SSSR count). The summed E-state index contributed by atoms with van der Waals surface area (Å²) in [5, 5.41) is 3.98. The Labute approximate surface area is 114 Å². The van der Waals surface area contributed by atoms with E-state index in [9.17, 15) is 0 Å². The van der Waals surface area contributed by atoms with Crippen molar-refractivity contribution in [2.45, 2.75) is 27.2 Å². The Bertz CT molecular complexity index is 410. The number of hydrogen-bond acceptors (Lipinski definition) is 2. The fraction of sp³-hybridized carbons (Fsp3) is 0.462. The fourth-order valence-electron chi connectivity index (χ4n) is 1.38. The largest absolute Gasteiger partial charge is 0.389 e. The molecule has 0 aliphatic heterocycles. The molecule has 17 heavy (non-hydrogen) atoms. The summed E-state index contributed by atoms with van der Waals surface area (Å²) in [5.41, 5.74) is 7.58. The van der Waals surface area contributed by atoms with Crippen molar-refractivity contribution >= 4 is 34.5 Å². The molecule has 0 saturated heterocycles. The molecule has 0 aliphatic rings. The van der Waals surface area contributed by atoms with Crippen molar-refractivity contribution < 1.29 is 0 Å². The number of nitrogens with one attached hydrogen (secondary N) is 1. The maximum absolute atomic E-state index is 6.15. The number of halogens is 1. The molecule has 0 saturated carbocycles. The van der Waals surface area contributed by atoms with Crippen molar-refractivity contribution in [2.75, 3.05) is 11.9 Å². The van der Waals surface area contributed by atoms with E-state index in [2.05, 4.69) is 26.1 Å². The van der Waals surface area contributed by atoms with E-state index in [0.29, 0.717) is 15.4 Å². The van der Waals surface area contributed by atoms with Gasteiger partial charge in [-0.25, -0.2) is 0 Å². The first-order valence-corrected chi connectivity index (χ1v) is 6.41. The second kappa shape index (κ2) is 5.69. The number of benzene rings is 1. The van der Waals surface area contributed by atoms with Gasteiger partial charge in [0.25, 0.3) is 0 Å². The van der Waals surface area contributed by atoms with E-state index in [0.717, 1.165) is 24.2 Å². The van der Waals surface area contributed by atoms with Gasteiger partial charge in [-0.05, 0) is 30.0 Å². The summed E-state index contributed by atoms with van der Waals surface area (Å²) in [6.07, 6.45) is 1.08. The maximum atomic E-state index is 6.15. The number of hydrogen-bond donors (Lipinski definition) is 2. The number of thiocarbonyl (C=S) groups is 1. The molecule has 0 amide bonds. The predicted octanol–water partition coefficient (Wildman–Crippen LogP) is 3.82. The van der Waals surface area contributed by atoms with Crippen LogP contribution in [0.5, 0.6) is 0 Å². The van der Waals surface area contributed by atoms with E-state index in [1.807, 2.05) is 12.1 Å². The van der Waals surface area contributed by atoms with Crippen molar-refractivity contribution in [3.63, 3.8) is 0 Å². The van der Waals surface area contributed by atoms with Gasteiger partial charge in [0.2, 0.25) is 0 Å². The molecule has 1 aromatic rings. The summed E-state index contributed by atoms with van der Waals surface area (Å²) in [5.74, 6) is 0. The summed E-state index contributed by atoms with van der Waals surface area (Å²) >= 11 is 11.0. The monoisotopic (exact) mass is 270 g/mol. The summed E-state index contributed by atoms with van der Waals surface area (Å²) < 4.78 is 0. The lowest BCUT2D eigenvalue weighted by Crippen LogP contribution is -2.13. The highest BCUT2D eigenvalue weighted by atomic mass is 35.5. The molecule has 0 fully saturated rings. The van der Waals surface area contributed by atoms with Gasteiger partial charge in [-0.2, -0.15) is 0 Å². The Balaban J connectivity index is 2.64. The van der Waals surface area contributed by atoms with Gasteiger partial charge >= 0.3 is 0 Å². The first-order chi connectivity index (χ1) is 7.79. The zero-order valence-corrected chi connectivity index (χ0v) is 12.1. The van der Waals surface area contributed by atoms with Gasteiger partial charge in [-0.3, -0.25) is 0 Å². The van der Waals surface area contributed by atoms with Crippen LogP contribution in [-0.2, 0) is 0 Å². The topological polar surface area (TPSA) is 38.0 Å². The Morgan fingerprint density at radius 1 is 1.41 bits per heavy atom.